The number of benzene rings is 2. The van der Waals surface area contributed by atoms with Crippen molar-refractivity contribution in [2.24, 2.45) is 0 Å². The van der Waals surface area contributed by atoms with Crippen molar-refractivity contribution in [1.82, 2.24) is 20.1 Å². The molecule has 2 N–H and O–H groups in total. The Morgan fingerprint density at radius 3 is 2.55 bits per heavy atom. The van der Waals surface area contributed by atoms with Crippen molar-refractivity contribution in [3.63, 3.8) is 0 Å². The third-order valence-electron chi connectivity index (χ3n) is 4.26. The van der Waals surface area contributed by atoms with Gasteiger partial charge in [0.05, 0.1) is 17.1 Å². The second-order valence-corrected chi connectivity index (χ2v) is 7.49. The number of imide groups is 1. The van der Waals surface area contributed by atoms with Gasteiger partial charge < -0.3 is 5.32 Å². The maximum absolute atomic E-state index is 13.6. The third kappa shape index (κ3) is 4.80. The number of aromatic nitrogens is 3. The molecule has 3 amide bonds. The number of rotatable bonds is 6. The molecule has 0 saturated heterocycles. The lowest BCUT2D eigenvalue weighted by molar-refractivity contribution is -0.117. The van der Waals surface area contributed by atoms with Gasteiger partial charge in [-0.1, -0.05) is 42.1 Å². The Morgan fingerprint density at radius 1 is 1.10 bits per heavy atom. The number of hydrogen-bond donors (Lipinski definition) is 2. The largest absolute Gasteiger partial charge is 0.325 e. The van der Waals surface area contributed by atoms with E-state index in [1.807, 2.05) is 35.0 Å². The molecule has 1 heterocycles. The number of para-hydroxylation sites is 2. The second kappa shape index (κ2) is 8.44. The van der Waals surface area contributed by atoms with Crippen LogP contribution in [0.1, 0.15) is 24.6 Å². The van der Waals surface area contributed by atoms with E-state index in [0.29, 0.717) is 11.1 Å². The van der Waals surface area contributed by atoms with Crippen molar-refractivity contribution in [1.29, 1.82) is 0 Å². The molecule has 4 rings (SSSR count). The molecule has 1 aromatic heterocycles. The Kier molecular flexibility index (Phi) is 5.57. The fourth-order valence-corrected chi connectivity index (χ4v) is 3.37. The number of amides is 3. The molecule has 148 valence electrons. The van der Waals surface area contributed by atoms with Crippen LogP contribution in [0.5, 0.6) is 0 Å². The predicted molar refractivity (Wildman–Crippen MR) is 108 cm³/mol. The number of nitrogens with one attached hydrogen (secondary N) is 2. The summed E-state index contributed by atoms with van der Waals surface area (Å²) in [6.45, 7) is 0. The molecule has 1 saturated carbocycles. The molecular weight excluding hydrogens is 393 g/mol. The molecule has 0 spiro atoms. The van der Waals surface area contributed by atoms with Gasteiger partial charge in [0.15, 0.2) is 0 Å². The standard InChI is InChI=1S/C20H18FN5O2S/c21-15-8-4-5-9-16(15)22-19(28)23-17(27)12-29-20-24-18(13-10-11-13)26(25-20)14-6-2-1-3-7-14/h1-9,13H,10-12H2,(H2,22,23,27,28). The molecule has 1 fully saturated rings. The van der Waals surface area contributed by atoms with Crippen LogP contribution in [-0.4, -0.2) is 32.5 Å². The molecule has 2 aromatic carbocycles. The van der Waals surface area contributed by atoms with Gasteiger partial charge in [0.1, 0.15) is 11.6 Å². The number of carbonyl (C=O) groups excluding carboxylic acids is 2. The van der Waals surface area contributed by atoms with E-state index < -0.39 is 17.8 Å². The molecule has 0 radical (unpaired) electrons. The number of hydrogen-bond acceptors (Lipinski definition) is 5. The minimum absolute atomic E-state index is 0.00259. The Morgan fingerprint density at radius 2 is 1.83 bits per heavy atom. The number of nitrogens with zero attached hydrogens (tertiary/aromatic N) is 3. The topological polar surface area (TPSA) is 88.9 Å². The minimum atomic E-state index is -0.790. The summed E-state index contributed by atoms with van der Waals surface area (Å²) in [7, 11) is 0. The van der Waals surface area contributed by atoms with Crippen molar-refractivity contribution in [3.05, 3.63) is 66.2 Å². The molecule has 0 aliphatic heterocycles. The van der Waals surface area contributed by atoms with E-state index in [1.165, 1.54) is 18.2 Å². The smallest absolute Gasteiger partial charge is 0.305 e. The average molecular weight is 411 g/mol. The molecule has 0 atom stereocenters. The number of thioether (sulfide) groups is 1. The maximum atomic E-state index is 13.6. The third-order valence-corrected chi connectivity index (χ3v) is 5.10. The Hall–Kier alpha value is -3.20. The van der Waals surface area contributed by atoms with Gasteiger partial charge in [0.2, 0.25) is 11.1 Å². The summed E-state index contributed by atoms with van der Waals surface area (Å²) < 4.78 is 15.4. The zero-order valence-corrected chi connectivity index (χ0v) is 16.2. The van der Waals surface area contributed by atoms with Crippen LogP contribution in [0.4, 0.5) is 14.9 Å². The van der Waals surface area contributed by atoms with E-state index in [4.69, 9.17) is 0 Å². The molecule has 3 aromatic rings. The van der Waals surface area contributed by atoms with Gasteiger partial charge in [0, 0.05) is 5.92 Å². The van der Waals surface area contributed by atoms with Crippen LogP contribution in [-0.2, 0) is 4.79 Å². The molecular formula is C20H18FN5O2S. The van der Waals surface area contributed by atoms with Crippen LogP contribution in [0, 0.1) is 5.82 Å². The van der Waals surface area contributed by atoms with Gasteiger partial charge in [0.25, 0.3) is 0 Å². The molecule has 1 aliphatic rings. The van der Waals surface area contributed by atoms with E-state index in [-0.39, 0.29) is 11.4 Å². The van der Waals surface area contributed by atoms with Gasteiger partial charge in [-0.25, -0.2) is 18.9 Å². The highest BCUT2D eigenvalue weighted by Gasteiger charge is 2.30. The summed E-state index contributed by atoms with van der Waals surface area (Å²) >= 11 is 1.15. The fraction of sp³-hybridized carbons (Fsp3) is 0.200. The number of carbonyl (C=O) groups is 2. The van der Waals surface area contributed by atoms with Crippen LogP contribution in [0.3, 0.4) is 0 Å². The van der Waals surface area contributed by atoms with Crippen LogP contribution >= 0.6 is 11.8 Å². The highest BCUT2D eigenvalue weighted by Crippen LogP contribution is 2.40. The number of anilines is 1. The monoisotopic (exact) mass is 411 g/mol. The zero-order chi connectivity index (χ0) is 20.2. The van der Waals surface area contributed by atoms with E-state index in [9.17, 15) is 14.0 Å². The lowest BCUT2D eigenvalue weighted by Gasteiger charge is -2.06. The minimum Gasteiger partial charge on any atom is -0.305 e. The maximum Gasteiger partial charge on any atom is 0.325 e. The predicted octanol–water partition coefficient (Wildman–Crippen LogP) is 3.72. The van der Waals surface area contributed by atoms with Crippen molar-refractivity contribution in [3.8, 4) is 5.69 Å². The Bertz CT molecular complexity index is 1040. The van der Waals surface area contributed by atoms with Gasteiger partial charge in [-0.05, 0) is 37.1 Å². The van der Waals surface area contributed by atoms with E-state index in [0.717, 1.165) is 36.1 Å². The molecule has 0 bridgehead atoms. The molecule has 29 heavy (non-hydrogen) atoms. The second-order valence-electron chi connectivity index (χ2n) is 6.55. The highest BCUT2D eigenvalue weighted by molar-refractivity contribution is 7.99. The summed E-state index contributed by atoms with van der Waals surface area (Å²) in [5, 5.41) is 9.47. The van der Waals surface area contributed by atoms with Crippen LogP contribution in [0.25, 0.3) is 5.69 Å². The molecule has 9 heteroatoms. The van der Waals surface area contributed by atoms with Crippen LogP contribution < -0.4 is 10.6 Å². The van der Waals surface area contributed by atoms with Gasteiger partial charge >= 0.3 is 6.03 Å². The molecule has 7 nitrogen and oxygen atoms in total. The number of urea groups is 1. The van der Waals surface area contributed by atoms with Crippen molar-refractivity contribution in [2.75, 3.05) is 11.1 Å². The van der Waals surface area contributed by atoms with Crippen molar-refractivity contribution in [2.45, 2.75) is 23.9 Å². The highest BCUT2D eigenvalue weighted by atomic mass is 32.2. The van der Waals surface area contributed by atoms with Gasteiger partial charge in [-0.3, -0.25) is 10.1 Å². The van der Waals surface area contributed by atoms with Crippen molar-refractivity contribution < 1.29 is 14.0 Å². The summed E-state index contributed by atoms with van der Waals surface area (Å²) in [6.07, 6.45) is 2.15. The lowest BCUT2D eigenvalue weighted by Crippen LogP contribution is -2.35. The normalized spacial score (nSPS) is 13.1. The molecule has 0 unspecified atom stereocenters. The van der Waals surface area contributed by atoms with Crippen LogP contribution in [0.15, 0.2) is 59.8 Å². The first-order chi connectivity index (χ1) is 14.1. The summed E-state index contributed by atoms with van der Waals surface area (Å²) in [5.74, 6) is 0.141. The Balaban J connectivity index is 1.36. The van der Waals surface area contributed by atoms with Crippen molar-refractivity contribution >= 4 is 29.4 Å². The average Bonchev–Trinajstić information content (AvgIpc) is 3.48. The van der Waals surface area contributed by atoms with E-state index in [2.05, 4.69) is 20.7 Å². The number of halogens is 1. The van der Waals surface area contributed by atoms with Gasteiger partial charge in [-0.2, -0.15) is 0 Å². The first-order valence-electron chi connectivity index (χ1n) is 9.10. The quantitative estimate of drug-likeness (QED) is 0.604. The zero-order valence-electron chi connectivity index (χ0n) is 15.3. The first kappa shape index (κ1) is 19.1. The first-order valence-corrected chi connectivity index (χ1v) is 10.1. The van der Waals surface area contributed by atoms with E-state index in [1.54, 1.807) is 6.07 Å². The lowest BCUT2D eigenvalue weighted by atomic mass is 10.3. The Labute approximate surface area is 170 Å². The van der Waals surface area contributed by atoms with E-state index >= 15 is 0 Å². The fourth-order valence-electron chi connectivity index (χ4n) is 2.74. The van der Waals surface area contributed by atoms with Crippen LogP contribution in [0.2, 0.25) is 0 Å². The summed E-state index contributed by atoms with van der Waals surface area (Å²) in [6, 6.07) is 14.6. The SMILES string of the molecule is O=C(CSc1nc(C2CC2)n(-c2ccccc2)n1)NC(=O)Nc1ccccc1F. The summed E-state index contributed by atoms with van der Waals surface area (Å²) in [5.41, 5.74) is 0.922. The van der Waals surface area contributed by atoms with Gasteiger partial charge in [-0.15, -0.1) is 5.10 Å². The summed E-state index contributed by atoms with van der Waals surface area (Å²) in [4.78, 5) is 28.5. The molecule has 1 aliphatic carbocycles.